The first kappa shape index (κ1) is 6.84. The summed E-state index contributed by atoms with van der Waals surface area (Å²) in [5.74, 6) is 0. The zero-order chi connectivity index (χ0) is 5.54. The van der Waals surface area contributed by atoms with Crippen LogP contribution in [0.4, 0.5) is 0 Å². The van der Waals surface area contributed by atoms with Gasteiger partial charge < -0.3 is 5.11 Å². The van der Waals surface area contributed by atoms with Gasteiger partial charge in [0.1, 0.15) is 6.61 Å². The minimum absolute atomic E-state index is 0.0661. The average molecular weight is 108 g/mol. The summed E-state index contributed by atoms with van der Waals surface area (Å²) in [5.41, 5.74) is 0. The second kappa shape index (κ2) is 5.84. The van der Waals surface area contributed by atoms with Crippen LogP contribution in [0.1, 0.15) is 0 Å². The molecular weight excluding hydrogens is 100 g/mol. The number of rotatable bonds is 4. The Kier molecular flexibility index (Phi) is 5.71. The van der Waals surface area contributed by atoms with Crippen LogP contribution in [-0.2, 0) is 14.8 Å². The van der Waals surface area contributed by atoms with Crippen LogP contribution in [0.25, 0.3) is 0 Å². The molecule has 0 aliphatic rings. The molecule has 0 aliphatic heterocycles. The predicted octanol–water partition coefficient (Wildman–Crippen LogP) is -0.512. The van der Waals surface area contributed by atoms with Crippen LogP contribution in [0.2, 0.25) is 0 Å². The quantitative estimate of drug-likeness (QED) is 0.299. The molecular formula is C3H8O4. The van der Waals surface area contributed by atoms with E-state index in [9.17, 15) is 0 Å². The van der Waals surface area contributed by atoms with E-state index >= 15 is 0 Å². The molecule has 0 aromatic carbocycles. The highest BCUT2D eigenvalue weighted by molar-refractivity contribution is 4.10. The fraction of sp³-hybridized carbons (Fsp3) is 1.00. The normalized spacial score (nSPS) is 9.43. The van der Waals surface area contributed by atoms with E-state index in [2.05, 4.69) is 14.8 Å². The smallest absolute Gasteiger partial charge is 0.108 e. The third-order valence-corrected chi connectivity index (χ3v) is 0.291. The molecule has 0 aromatic heterocycles. The Morgan fingerprint density at radius 1 is 1.57 bits per heavy atom. The molecule has 4 heteroatoms. The van der Waals surface area contributed by atoms with E-state index in [4.69, 9.17) is 5.11 Å². The van der Waals surface area contributed by atoms with Crippen molar-refractivity contribution in [2.75, 3.05) is 20.3 Å². The summed E-state index contributed by atoms with van der Waals surface area (Å²) in [7, 11) is 1.32. The molecule has 0 radical (unpaired) electrons. The van der Waals surface area contributed by atoms with Gasteiger partial charge in [0.15, 0.2) is 0 Å². The molecule has 0 saturated carbocycles. The Labute approximate surface area is 41.5 Å². The first-order valence-corrected chi connectivity index (χ1v) is 1.85. The average Bonchev–Trinajstić information content (AvgIpc) is 1.69. The molecule has 0 aliphatic carbocycles. The Morgan fingerprint density at radius 3 is 2.71 bits per heavy atom. The van der Waals surface area contributed by atoms with Crippen molar-refractivity contribution in [2.24, 2.45) is 0 Å². The van der Waals surface area contributed by atoms with E-state index in [1.165, 1.54) is 7.11 Å². The van der Waals surface area contributed by atoms with Gasteiger partial charge in [-0.15, -0.1) is 0 Å². The predicted molar refractivity (Wildman–Crippen MR) is 21.1 cm³/mol. The van der Waals surface area contributed by atoms with Crippen molar-refractivity contribution in [3.63, 3.8) is 0 Å². The SMILES string of the molecule is COOOCCO. The monoisotopic (exact) mass is 108 g/mol. The van der Waals surface area contributed by atoms with Crippen molar-refractivity contribution >= 4 is 0 Å². The van der Waals surface area contributed by atoms with Crippen LogP contribution in [-0.4, -0.2) is 25.4 Å². The van der Waals surface area contributed by atoms with Gasteiger partial charge in [0.2, 0.25) is 0 Å². The van der Waals surface area contributed by atoms with Crippen molar-refractivity contribution in [2.45, 2.75) is 0 Å². The fourth-order valence-electron chi connectivity index (χ4n) is 0.119. The highest BCUT2D eigenvalue weighted by atomic mass is 17.5. The van der Waals surface area contributed by atoms with Crippen LogP contribution in [0, 0.1) is 0 Å². The van der Waals surface area contributed by atoms with E-state index in [0.29, 0.717) is 0 Å². The molecule has 4 nitrogen and oxygen atoms in total. The maximum Gasteiger partial charge on any atom is 0.108 e. The molecule has 0 bridgehead atoms. The highest BCUT2D eigenvalue weighted by Crippen LogP contribution is 1.73. The number of aliphatic hydroxyl groups is 1. The molecule has 0 aromatic rings. The molecule has 0 unspecified atom stereocenters. The first-order chi connectivity index (χ1) is 3.41. The summed E-state index contributed by atoms with van der Waals surface area (Å²) in [6.45, 7) is 0.0667. The molecule has 0 saturated heterocycles. The lowest BCUT2D eigenvalue weighted by Gasteiger charge is -1.93. The second-order valence-corrected chi connectivity index (χ2v) is 0.780. The summed E-state index contributed by atoms with van der Waals surface area (Å²) < 4.78 is 0. The molecule has 44 valence electrons. The molecule has 0 heterocycles. The lowest BCUT2D eigenvalue weighted by Crippen LogP contribution is -1.98. The zero-order valence-electron chi connectivity index (χ0n) is 4.09. The van der Waals surface area contributed by atoms with Gasteiger partial charge in [-0.2, -0.15) is 0 Å². The van der Waals surface area contributed by atoms with Crippen molar-refractivity contribution < 1.29 is 19.9 Å². The third-order valence-electron chi connectivity index (χ3n) is 0.291. The van der Waals surface area contributed by atoms with E-state index < -0.39 is 0 Å². The molecule has 1 N–H and O–H groups in total. The maximum atomic E-state index is 8.03. The van der Waals surface area contributed by atoms with Gasteiger partial charge in [0.25, 0.3) is 0 Å². The molecule has 0 amide bonds. The number of hydrogen-bond acceptors (Lipinski definition) is 4. The Bertz CT molecular complexity index is 26.1. The zero-order valence-corrected chi connectivity index (χ0v) is 4.09. The largest absolute Gasteiger partial charge is 0.394 e. The summed E-state index contributed by atoms with van der Waals surface area (Å²) >= 11 is 0. The second-order valence-electron chi connectivity index (χ2n) is 0.780. The van der Waals surface area contributed by atoms with E-state index in [1.807, 2.05) is 0 Å². The molecule has 7 heavy (non-hydrogen) atoms. The van der Waals surface area contributed by atoms with Crippen LogP contribution in [0.3, 0.4) is 0 Å². The van der Waals surface area contributed by atoms with Gasteiger partial charge in [-0.3, -0.25) is 0 Å². The van der Waals surface area contributed by atoms with Crippen LogP contribution in [0.5, 0.6) is 0 Å². The highest BCUT2D eigenvalue weighted by Gasteiger charge is 1.79. The van der Waals surface area contributed by atoms with Crippen molar-refractivity contribution in [3.8, 4) is 0 Å². The summed E-state index contributed by atoms with van der Waals surface area (Å²) in [6.07, 6.45) is 0. The standard InChI is InChI=1S/C3H8O4/c1-5-7-6-3-2-4/h4H,2-3H2,1H3. The molecule has 0 fully saturated rings. The lowest BCUT2D eigenvalue weighted by molar-refractivity contribution is -0.503. The van der Waals surface area contributed by atoms with E-state index in [-0.39, 0.29) is 13.2 Å². The topological polar surface area (TPSA) is 47.9 Å². The summed E-state index contributed by atoms with van der Waals surface area (Å²) in [5, 5.41) is 11.9. The van der Waals surface area contributed by atoms with Crippen molar-refractivity contribution in [3.05, 3.63) is 0 Å². The Balaban J connectivity index is 2.45. The Hall–Kier alpha value is -0.160. The van der Waals surface area contributed by atoms with E-state index in [0.717, 1.165) is 0 Å². The van der Waals surface area contributed by atoms with Crippen LogP contribution >= 0.6 is 0 Å². The van der Waals surface area contributed by atoms with Gasteiger partial charge in [0, 0.05) is 0 Å². The van der Waals surface area contributed by atoms with Gasteiger partial charge in [-0.25, -0.2) is 9.78 Å². The molecule has 0 spiro atoms. The van der Waals surface area contributed by atoms with Crippen molar-refractivity contribution in [1.29, 1.82) is 0 Å². The molecule has 0 rings (SSSR count). The Morgan fingerprint density at radius 2 is 2.29 bits per heavy atom. The minimum Gasteiger partial charge on any atom is -0.394 e. The van der Waals surface area contributed by atoms with Crippen LogP contribution in [0.15, 0.2) is 0 Å². The van der Waals surface area contributed by atoms with Gasteiger partial charge in [-0.05, 0) is 0 Å². The summed E-state index contributed by atoms with van der Waals surface area (Å²) in [4.78, 5) is 8.17. The fourth-order valence-corrected chi connectivity index (χ4v) is 0.119. The first-order valence-electron chi connectivity index (χ1n) is 1.85. The lowest BCUT2D eigenvalue weighted by atomic mass is 10.8. The third kappa shape index (κ3) is 5.84. The van der Waals surface area contributed by atoms with E-state index in [1.54, 1.807) is 0 Å². The van der Waals surface area contributed by atoms with Gasteiger partial charge in [0.05, 0.1) is 13.7 Å². The number of hydrogen-bond donors (Lipinski definition) is 1. The van der Waals surface area contributed by atoms with Gasteiger partial charge in [-0.1, -0.05) is 5.04 Å². The van der Waals surface area contributed by atoms with Gasteiger partial charge >= 0.3 is 0 Å². The molecule has 0 atom stereocenters. The van der Waals surface area contributed by atoms with Crippen LogP contribution < -0.4 is 0 Å². The van der Waals surface area contributed by atoms with Crippen molar-refractivity contribution in [1.82, 2.24) is 0 Å². The maximum absolute atomic E-state index is 8.03. The summed E-state index contributed by atoms with van der Waals surface area (Å²) in [6, 6.07) is 0. The minimum atomic E-state index is -0.0661. The number of aliphatic hydroxyl groups excluding tert-OH is 1.